The molecule has 180 valence electrons. The van der Waals surface area contributed by atoms with E-state index < -0.39 is 0 Å². The zero-order valence-corrected chi connectivity index (χ0v) is 19.7. The van der Waals surface area contributed by atoms with E-state index in [0.29, 0.717) is 43.0 Å². The molecule has 0 spiro atoms. The van der Waals surface area contributed by atoms with E-state index in [1.165, 1.54) is 10.8 Å². The number of aryl methyl sites for hydroxylation is 1. The third-order valence-corrected chi connectivity index (χ3v) is 6.98. The molecule has 0 bridgehead atoms. The summed E-state index contributed by atoms with van der Waals surface area (Å²) in [7, 11) is 0. The van der Waals surface area contributed by atoms with Crippen molar-refractivity contribution in [1.82, 2.24) is 24.2 Å². The summed E-state index contributed by atoms with van der Waals surface area (Å²) >= 11 is 0. The van der Waals surface area contributed by atoms with Crippen molar-refractivity contribution in [3.8, 4) is 0 Å². The molecule has 0 unspecified atom stereocenters. The maximum absolute atomic E-state index is 13.5. The predicted octanol–water partition coefficient (Wildman–Crippen LogP) is 1.83. The van der Waals surface area contributed by atoms with Crippen LogP contribution in [0.1, 0.15) is 48.0 Å². The molecule has 1 aliphatic heterocycles. The van der Waals surface area contributed by atoms with E-state index in [1.807, 2.05) is 19.1 Å². The van der Waals surface area contributed by atoms with Gasteiger partial charge in [0.25, 0.3) is 11.5 Å². The van der Waals surface area contributed by atoms with Crippen LogP contribution in [0.25, 0.3) is 16.7 Å². The lowest BCUT2D eigenvalue weighted by Gasteiger charge is -2.27. The van der Waals surface area contributed by atoms with Gasteiger partial charge in [-0.2, -0.15) is 0 Å². The first kappa shape index (κ1) is 22.7. The van der Waals surface area contributed by atoms with Gasteiger partial charge in [0.2, 0.25) is 0 Å². The molecule has 1 saturated heterocycles. The molecule has 1 amide bonds. The Morgan fingerprint density at radius 3 is 2.71 bits per heavy atom. The third-order valence-electron chi connectivity index (χ3n) is 6.98. The molecule has 2 aliphatic rings. The van der Waals surface area contributed by atoms with Crippen molar-refractivity contribution in [3.05, 3.63) is 51.4 Å². The quantitative estimate of drug-likeness (QED) is 0.561. The minimum absolute atomic E-state index is 0.0948. The number of hydrogen-bond donors (Lipinski definition) is 2. The summed E-state index contributed by atoms with van der Waals surface area (Å²) in [5.41, 5.74) is 2.02. The van der Waals surface area contributed by atoms with E-state index >= 15 is 0 Å². The van der Waals surface area contributed by atoms with Crippen LogP contribution in [-0.2, 0) is 11.3 Å². The van der Waals surface area contributed by atoms with E-state index in [9.17, 15) is 9.59 Å². The number of carbonyl (C=O) groups is 1. The van der Waals surface area contributed by atoms with Gasteiger partial charge in [0.05, 0.1) is 24.2 Å². The number of hydrogen-bond acceptors (Lipinski definition) is 6. The summed E-state index contributed by atoms with van der Waals surface area (Å²) < 4.78 is 8.70. The Hall–Kier alpha value is -3.04. The molecule has 1 aliphatic carbocycles. The Morgan fingerprint density at radius 1 is 1.18 bits per heavy atom. The molecule has 3 aromatic heterocycles. The first-order chi connectivity index (χ1) is 16.5. The van der Waals surface area contributed by atoms with Gasteiger partial charge < -0.3 is 14.6 Å². The Balaban J connectivity index is 1.60. The number of fused-ring (bicyclic) bond motifs is 2. The summed E-state index contributed by atoms with van der Waals surface area (Å²) in [6.07, 6.45) is 7.08. The van der Waals surface area contributed by atoms with Crippen molar-refractivity contribution in [2.24, 2.45) is 0 Å². The van der Waals surface area contributed by atoms with Crippen LogP contribution in [0.2, 0.25) is 0 Å². The molecule has 0 atom stereocenters. The van der Waals surface area contributed by atoms with Crippen LogP contribution in [0, 0.1) is 12.3 Å². The topological polar surface area (TPSA) is 105 Å². The predicted molar refractivity (Wildman–Crippen MR) is 129 cm³/mol. The SMILES string of the molecule is Cc1ccc2nc3c(cc(C(=O)NC4CCCCC4)c(=N)n3CCN3CCOCC3)c(=O)n2c1. The number of nitrogens with one attached hydrogen (secondary N) is 2. The number of nitrogens with zero attached hydrogens (tertiary/aromatic N) is 4. The van der Waals surface area contributed by atoms with Crippen molar-refractivity contribution in [2.75, 3.05) is 32.8 Å². The van der Waals surface area contributed by atoms with Crippen molar-refractivity contribution < 1.29 is 9.53 Å². The molecule has 0 aromatic carbocycles. The highest BCUT2D eigenvalue weighted by molar-refractivity contribution is 5.97. The van der Waals surface area contributed by atoms with Gasteiger partial charge in [-0.05, 0) is 37.5 Å². The fourth-order valence-corrected chi connectivity index (χ4v) is 5.01. The number of aromatic nitrogens is 3. The summed E-state index contributed by atoms with van der Waals surface area (Å²) in [4.78, 5) is 33.8. The molecule has 1 saturated carbocycles. The van der Waals surface area contributed by atoms with Gasteiger partial charge in [-0.3, -0.25) is 24.3 Å². The zero-order chi connectivity index (χ0) is 23.7. The standard InChI is InChI=1S/C25H32N6O3/c1-17-7-8-21-28-23-20(25(33)31(21)16-17)15-19(24(32)27-18-5-3-2-4-6-18)22(26)30(23)10-9-29-11-13-34-14-12-29/h7-8,15-16,18,26H,2-6,9-14H2,1H3,(H,27,32). The highest BCUT2D eigenvalue weighted by atomic mass is 16.5. The van der Waals surface area contributed by atoms with E-state index in [2.05, 4.69) is 10.2 Å². The van der Waals surface area contributed by atoms with E-state index in [-0.39, 0.29) is 28.6 Å². The zero-order valence-electron chi connectivity index (χ0n) is 19.7. The molecule has 9 nitrogen and oxygen atoms in total. The number of ether oxygens (including phenoxy) is 1. The molecule has 3 aromatic rings. The smallest absolute Gasteiger partial charge is 0.267 e. The van der Waals surface area contributed by atoms with Gasteiger partial charge in [-0.15, -0.1) is 0 Å². The van der Waals surface area contributed by atoms with Crippen LogP contribution >= 0.6 is 0 Å². The summed E-state index contributed by atoms with van der Waals surface area (Å²) in [5.74, 6) is -0.285. The van der Waals surface area contributed by atoms with Crippen molar-refractivity contribution in [2.45, 2.75) is 51.6 Å². The minimum atomic E-state index is -0.285. The first-order valence-electron chi connectivity index (χ1n) is 12.2. The van der Waals surface area contributed by atoms with Crippen molar-refractivity contribution in [1.29, 1.82) is 5.41 Å². The minimum Gasteiger partial charge on any atom is -0.379 e. The largest absolute Gasteiger partial charge is 0.379 e. The van der Waals surface area contributed by atoms with Crippen molar-refractivity contribution in [3.63, 3.8) is 0 Å². The van der Waals surface area contributed by atoms with Gasteiger partial charge >= 0.3 is 0 Å². The van der Waals surface area contributed by atoms with Gasteiger partial charge in [-0.25, -0.2) is 4.98 Å². The van der Waals surface area contributed by atoms with Crippen LogP contribution in [-0.4, -0.2) is 63.6 Å². The average molecular weight is 465 g/mol. The van der Waals surface area contributed by atoms with Gasteiger partial charge in [0.1, 0.15) is 16.8 Å². The van der Waals surface area contributed by atoms with Crippen LogP contribution < -0.4 is 16.4 Å². The summed E-state index contributed by atoms with van der Waals surface area (Å²) in [5, 5.41) is 12.4. The molecule has 2 fully saturated rings. The number of rotatable bonds is 5. The van der Waals surface area contributed by atoms with Gasteiger partial charge in [-0.1, -0.05) is 25.3 Å². The van der Waals surface area contributed by atoms with E-state index in [1.54, 1.807) is 16.8 Å². The Bertz CT molecular complexity index is 1330. The monoisotopic (exact) mass is 464 g/mol. The number of pyridine rings is 2. The number of amides is 1. The molecule has 5 rings (SSSR count). The fourth-order valence-electron chi connectivity index (χ4n) is 5.01. The second-order valence-corrected chi connectivity index (χ2v) is 9.41. The first-order valence-corrected chi connectivity index (χ1v) is 12.2. The Morgan fingerprint density at radius 2 is 1.94 bits per heavy atom. The number of carbonyl (C=O) groups excluding carboxylic acids is 1. The fraction of sp³-hybridized carbons (Fsp3) is 0.520. The molecule has 34 heavy (non-hydrogen) atoms. The van der Waals surface area contributed by atoms with Crippen LogP contribution in [0.5, 0.6) is 0 Å². The molecule has 2 N–H and O–H groups in total. The molecular weight excluding hydrogens is 432 g/mol. The second-order valence-electron chi connectivity index (χ2n) is 9.41. The molecule has 4 heterocycles. The van der Waals surface area contributed by atoms with E-state index in [4.69, 9.17) is 15.1 Å². The lowest BCUT2D eigenvalue weighted by molar-refractivity contribution is 0.0363. The molecule has 9 heteroatoms. The Kier molecular flexibility index (Phi) is 6.47. The maximum atomic E-state index is 13.5. The van der Waals surface area contributed by atoms with Crippen LogP contribution in [0.15, 0.2) is 29.2 Å². The molecular formula is C25H32N6O3. The average Bonchev–Trinajstić information content (AvgIpc) is 2.85. The second kappa shape index (κ2) is 9.68. The number of morpholine rings is 1. The lowest BCUT2D eigenvalue weighted by atomic mass is 9.95. The third kappa shape index (κ3) is 4.50. The highest BCUT2D eigenvalue weighted by Crippen LogP contribution is 2.18. The van der Waals surface area contributed by atoms with Crippen LogP contribution in [0.4, 0.5) is 0 Å². The normalized spacial score (nSPS) is 17.9. The van der Waals surface area contributed by atoms with Crippen molar-refractivity contribution >= 4 is 22.6 Å². The summed E-state index contributed by atoms with van der Waals surface area (Å²) in [6, 6.07) is 5.41. The van der Waals surface area contributed by atoms with Gasteiger partial charge in [0, 0.05) is 38.4 Å². The maximum Gasteiger partial charge on any atom is 0.267 e. The highest BCUT2D eigenvalue weighted by Gasteiger charge is 2.22. The Labute approximate surface area is 197 Å². The summed E-state index contributed by atoms with van der Waals surface area (Å²) in [6.45, 7) is 6.11. The lowest BCUT2D eigenvalue weighted by Crippen LogP contribution is -2.42. The van der Waals surface area contributed by atoms with Crippen LogP contribution in [0.3, 0.4) is 0 Å². The molecule has 0 radical (unpaired) electrons. The van der Waals surface area contributed by atoms with Gasteiger partial charge in [0.15, 0.2) is 0 Å². The van der Waals surface area contributed by atoms with E-state index in [0.717, 1.165) is 44.3 Å².